The average molecular weight is 419 g/mol. The van der Waals surface area contributed by atoms with Gasteiger partial charge < -0.3 is 19.4 Å². The lowest BCUT2D eigenvalue weighted by Crippen LogP contribution is -2.50. The van der Waals surface area contributed by atoms with Crippen LogP contribution in [-0.2, 0) is 11.4 Å². The molecule has 1 fully saturated rings. The Hall–Kier alpha value is -3.58. The fourth-order valence-electron chi connectivity index (χ4n) is 3.44. The Morgan fingerprint density at radius 3 is 2.32 bits per heavy atom. The fourth-order valence-corrected chi connectivity index (χ4v) is 3.44. The van der Waals surface area contributed by atoms with Gasteiger partial charge in [0.05, 0.1) is 12.8 Å². The van der Waals surface area contributed by atoms with Crippen molar-refractivity contribution in [2.24, 2.45) is 0 Å². The number of benzene rings is 2. The Morgan fingerprint density at radius 2 is 1.65 bits per heavy atom. The quantitative estimate of drug-likeness (QED) is 0.636. The summed E-state index contributed by atoms with van der Waals surface area (Å²) in [5.41, 5.74) is 1.83. The molecule has 7 heteroatoms. The third kappa shape index (κ3) is 5.73. The molecule has 7 nitrogen and oxygen atoms in total. The summed E-state index contributed by atoms with van der Waals surface area (Å²) in [6.07, 6.45) is 1.50. The molecule has 3 aromatic rings. The first-order chi connectivity index (χ1) is 15.2. The number of furan rings is 1. The van der Waals surface area contributed by atoms with Crippen molar-refractivity contribution in [1.82, 2.24) is 9.80 Å². The largest absolute Gasteiger partial charge is 0.489 e. The van der Waals surface area contributed by atoms with Gasteiger partial charge in [0.25, 0.3) is 5.91 Å². The molecule has 1 aliphatic rings. The number of anilines is 1. The van der Waals surface area contributed by atoms with E-state index in [4.69, 9.17) is 9.15 Å². The monoisotopic (exact) mass is 419 g/mol. The van der Waals surface area contributed by atoms with Crippen molar-refractivity contribution in [3.8, 4) is 5.75 Å². The smallest absolute Gasteiger partial charge is 0.289 e. The summed E-state index contributed by atoms with van der Waals surface area (Å²) in [5.74, 6) is 0.911. The molecular weight excluding hydrogens is 394 g/mol. The van der Waals surface area contributed by atoms with Gasteiger partial charge in [-0.1, -0.05) is 30.3 Å². The maximum Gasteiger partial charge on any atom is 0.289 e. The van der Waals surface area contributed by atoms with Crippen LogP contribution >= 0.6 is 0 Å². The highest BCUT2D eigenvalue weighted by atomic mass is 16.5. The highest BCUT2D eigenvalue weighted by molar-refractivity contribution is 5.92. The topological polar surface area (TPSA) is 75.0 Å². The summed E-state index contributed by atoms with van der Waals surface area (Å²) in [7, 11) is 0. The lowest BCUT2D eigenvalue weighted by Gasteiger charge is -2.33. The van der Waals surface area contributed by atoms with Gasteiger partial charge in [0.15, 0.2) is 5.76 Å². The molecule has 0 atom stereocenters. The molecule has 1 N–H and O–H groups in total. The number of carbonyl (C=O) groups excluding carboxylic acids is 2. The van der Waals surface area contributed by atoms with Gasteiger partial charge in [-0.3, -0.25) is 14.5 Å². The maximum atomic E-state index is 12.4. The molecule has 0 aliphatic carbocycles. The van der Waals surface area contributed by atoms with Crippen molar-refractivity contribution in [2.45, 2.75) is 6.61 Å². The molecule has 2 aromatic carbocycles. The zero-order valence-corrected chi connectivity index (χ0v) is 17.2. The fraction of sp³-hybridized carbons (Fsp3) is 0.250. The van der Waals surface area contributed by atoms with E-state index in [-0.39, 0.29) is 18.4 Å². The zero-order chi connectivity index (χ0) is 21.5. The highest BCUT2D eigenvalue weighted by Gasteiger charge is 2.24. The first-order valence-electron chi connectivity index (χ1n) is 10.3. The van der Waals surface area contributed by atoms with Crippen LogP contribution in [0, 0.1) is 0 Å². The van der Waals surface area contributed by atoms with Gasteiger partial charge in [-0.05, 0) is 42.0 Å². The lowest BCUT2D eigenvalue weighted by molar-refractivity contribution is -0.117. The Kier molecular flexibility index (Phi) is 6.64. The van der Waals surface area contributed by atoms with Crippen molar-refractivity contribution >= 4 is 17.5 Å². The van der Waals surface area contributed by atoms with E-state index in [1.807, 2.05) is 59.5 Å². The molecule has 0 radical (unpaired) electrons. The number of amides is 2. The van der Waals surface area contributed by atoms with Crippen molar-refractivity contribution in [3.05, 3.63) is 84.3 Å². The first-order valence-corrected chi connectivity index (χ1v) is 10.3. The van der Waals surface area contributed by atoms with Gasteiger partial charge in [-0.2, -0.15) is 0 Å². The second-order valence-corrected chi connectivity index (χ2v) is 7.39. The molecule has 0 saturated carbocycles. The second kappa shape index (κ2) is 9.95. The molecule has 31 heavy (non-hydrogen) atoms. The normalized spacial score (nSPS) is 14.3. The van der Waals surface area contributed by atoms with E-state index >= 15 is 0 Å². The molecule has 1 aromatic heterocycles. The molecule has 1 aliphatic heterocycles. The van der Waals surface area contributed by atoms with Crippen LogP contribution in [0.25, 0.3) is 0 Å². The van der Waals surface area contributed by atoms with Crippen LogP contribution in [0.5, 0.6) is 5.75 Å². The minimum absolute atomic E-state index is 0.0798. The Balaban J connectivity index is 1.20. The summed E-state index contributed by atoms with van der Waals surface area (Å²) < 4.78 is 10.9. The summed E-state index contributed by atoms with van der Waals surface area (Å²) in [4.78, 5) is 28.5. The number of hydrogen-bond acceptors (Lipinski definition) is 5. The third-order valence-electron chi connectivity index (χ3n) is 5.15. The van der Waals surface area contributed by atoms with E-state index in [9.17, 15) is 9.59 Å². The van der Waals surface area contributed by atoms with Gasteiger partial charge in [-0.15, -0.1) is 0 Å². The third-order valence-corrected chi connectivity index (χ3v) is 5.15. The van der Waals surface area contributed by atoms with E-state index in [0.29, 0.717) is 38.5 Å². The Morgan fingerprint density at radius 1 is 0.903 bits per heavy atom. The number of hydrogen-bond donors (Lipinski definition) is 1. The van der Waals surface area contributed by atoms with Crippen molar-refractivity contribution < 1.29 is 18.7 Å². The standard InChI is InChI=1S/C24H25N3O4/c28-23(17-26-12-14-27(15-13-26)24(29)22-7-4-16-30-22)25-20-8-10-21(11-9-20)31-18-19-5-2-1-3-6-19/h1-11,16H,12-15,17-18H2,(H,25,28). The molecular formula is C24H25N3O4. The van der Waals surface area contributed by atoms with E-state index in [1.54, 1.807) is 17.0 Å². The molecule has 160 valence electrons. The molecule has 1 saturated heterocycles. The summed E-state index contributed by atoms with van der Waals surface area (Å²) in [6.45, 7) is 3.22. The number of nitrogens with one attached hydrogen (secondary N) is 1. The minimum atomic E-state index is -0.108. The lowest BCUT2D eigenvalue weighted by atomic mass is 10.2. The van der Waals surface area contributed by atoms with Gasteiger partial charge in [0.1, 0.15) is 12.4 Å². The van der Waals surface area contributed by atoms with Crippen molar-refractivity contribution in [2.75, 3.05) is 38.0 Å². The second-order valence-electron chi connectivity index (χ2n) is 7.39. The van der Waals surface area contributed by atoms with Crippen molar-refractivity contribution in [3.63, 3.8) is 0 Å². The number of rotatable bonds is 7. The zero-order valence-electron chi connectivity index (χ0n) is 17.2. The predicted molar refractivity (Wildman–Crippen MR) is 117 cm³/mol. The van der Waals surface area contributed by atoms with E-state index in [1.165, 1.54) is 6.26 Å². The summed E-state index contributed by atoms with van der Waals surface area (Å²) in [5, 5.41) is 2.91. The van der Waals surface area contributed by atoms with Gasteiger partial charge >= 0.3 is 0 Å². The Labute approximate surface area is 181 Å². The van der Waals surface area contributed by atoms with Gasteiger partial charge in [0.2, 0.25) is 5.91 Å². The maximum absolute atomic E-state index is 12.4. The molecule has 2 amide bonds. The molecule has 4 rings (SSSR count). The van der Waals surface area contributed by atoms with Gasteiger partial charge in [0, 0.05) is 31.9 Å². The van der Waals surface area contributed by atoms with Crippen LogP contribution in [-0.4, -0.2) is 54.3 Å². The number of nitrogens with zero attached hydrogens (tertiary/aromatic N) is 2. The van der Waals surface area contributed by atoms with Gasteiger partial charge in [-0.25, -0.2) is 0 Å². The Bertz CT molecular complexity index is 979. The van der Waals surface area contributed by atoms with Crippen LogP contribution in [0.15, 0.2) is 77.4 Å². The van der Waals surface area contributed by atoms with Crippen LogP contribution in [0.1, 0.15) is 16.1 Å². The number of piperazine rings is 1. The average Bonchev–Trinajstić information content (AvgIpc) is 3.34. The van der Waals surface area contributed by atoms with Crippen LogP contribution in [0.2, 0.25) is 0 Å². The molecule has 0 bridgehead atoms. The first kappa shape index (κ1) is 20.7. The summed E-state index contributed by atoms with van der Waals surface area (Å²) >= 11 is 0. The van der Waals surface area contributed by atoms with Crippen molar-refractivity contribution in [1.29, 1.82) is 0 Å². The SMILES string of the molecule is O=C(CN1CCN(C(=O)c2ccco2)CC1)Nc1ccc(OCc2ccccc2)cc1. The van der Waals surface area contributed by atoms with E-state index < -0.39 is 0 Å². The predicted octanol–water partition coefficient (Wildman–Crippen LogP) is 3.26. The number of carbonyl (C=O) groups is 2. The minimum Gasteiger partial charge on any atom is -0.489 e. The van der Waals surface area contributed by atoms with E-state index in [2.05, 4.69) is 5.32 Å². The summed E-state index contributed by atoms with van der Waals surface area (Å²) in [6, 6.07) is 20.7. The van der Waals surface area contributed by atoms with Crippen LogP contribution in [0.3, 0.4) is 0 Å². The highest BCUT2D eigenvalue weighted by Crippen LogP contribution is 2.17. The van der Waals surface area contributed by atoms with Crippen LogP contribution in [0.4, 0.5) is 5.69 Å². The number of ether oxygens (including phenoxy) is 1. The van der Waals surface area contributed by atoms with E-state index in [0.717, 1.165) is 17.0 Å². The van der Waals surface area contributed by atoms with Crippen LogP contribution < -0.4 is 10.1 Å². The molecule has 0 spiro atoms. The molecule has 2 heterocycles. The molecule has 0 unspecified atom stereocenters.